The molecule has 0 spiro atoms. The molecule has 0 amide bonds. The highest BCUT2D eigenvalue weighted by molar-refractivity contribution is 14.1. The molecular formula is C12H9Cl2IN2O. The maximum absolute atomic E-state index is 6.01. The van der Waals surface area contributed by atoms with Gasteiger partial charge < -0.3 is 4.74 Å². The molecule has 2 rings (SSSR count). The summed E-state index contributed by atoms with van der Waals surface area (Å²) in [7, 11) is 1.60. The quantitative estimate of drug-likeness (QED) is 0.580. The van der Waals surface area contributed by atoms with Crippen LogP contribution in [0.4, 0.5) is 0 Å². The zero-order chi connectivity index (χ0) is 13.1. The highest BCUT2D eigenvalue weighted by atomic mass is 127. The first-order valence-electron chi connectivity index (χ1n) is 5.09. The highest BCUT2D eigenvalue weighted by Gasteiger charge is 2.19. The fourth-order valence-corrected chi connectivity index (χ4v) is 2.19. The fourth-order valence-electron chi connectivity index (χ4n) is 1.55. The predicted molar refractivity (Wildman–Crippen MR) is 80.1 cm³/mol. The lowest BCUT2D eigenvalue weighted by Crippen LogP contribution is -2.09. The Labute approximate surface area is 129 Å². The van der Waals surface area contributed by atoms with Gasteiger partial charge in [-0.1, -0.05) is 53.5 Å². The van der Waals surface area contributed by atoms with E-state index >= 15 is 0 Å². The van der Waals surface area contributed by atoms with Gasteiger partial charge in [0, 0.05) is 7.11 Å². The Hall–Kier alpha value is -0.430. The molecule has 1 aromatic heterocycles. The van der Waals surface area contributed by atoms with Crippen LogP contribution in [0.2, 0.25) is 10.3 Å². The van der Waals surface area contributed by atoms with Crippen LogP contribution in [0, 0.1) is 3.57 Å². The Bertz CT molecular complexity index is 528. The summed E-state index contributed by atoms with van der Waals surface area (Å²) >= 11 is 14.0. The number of methoxy groups -OCH3 is 1. The van der Waals surface area contributed by atoms with Gasteiger partial charge in [-0.3, -0.25) is 0 Å². The second-order valence-electron chi connectivity index (χ2n) is 3.50. The minimum absolute atomic E-state index is 0.337. The lowest BCUT2D eigenvalue weighted by Gasteiger charge is -2.15. The van der Waals surface area contributed by atoms with Gasteiger partial charge in [0.25, 0.3) is 0 Å². The van der Waals surface area contributed by atoms with E-state index in [0.29, 0.717) is 19.7 Å². The van der Waals surface area contributed by atoms with Crippen LogP contribution in [0.15, 0.2) is 30.3 Å². The van der Waals surface area contributed by atoms with E-state index < -0.39 is 0 Å². The normalized spacial score (nSPS) is 12.4. The van der Waals surface area contributed by atoms with Crippen molar-refractivity contribution in [3.63, 3.8) is 0 Å². The zero-order valence-electron chi connectivity index (χ0n) is 9.40. The molecule has 0 aliphatic heterocycles. The average molecular weight is 395 g/mol. The highest BCUT2D eigenvalue weighted by Crippen LogP contribution is 2.28. The summed E-state index contributed by atoms with van der Waals surface area (Å²) < 4.78 is 6.07. The molecule has 0 aliphatic carbocycles. The minimum Gasteiger partial charge on any atom is -0.369 e. The summed E-state index contributed by atoms with van der Waals surface area (Å²) in [5.41, 5.74) is 0.952. The SMILES string of the molecule is COC(c1ccccc1)c1nc(Cl)c(I)c(Cl)n1. The van der Waals surface area contributed by atoms with Gasteiger partial charge in [-0.2, -0.15) is 0 Å². The lowest BCUT2D eigenvalue weighted by molar-refractivity contribution is 0.129. The van der Waals surface area contributed by atoms with Crippen LogP contribution >= 0.6 is 45.8 Å². The van der Waals surface area contributed by atoms with E-state index in [0.717, 1.165) is 5.56 Å². The number of nitrogens with zero attached hydrogens (tertiary/aromatic N) is 2. The molecule has 1 unspecified atom stereocenters. The zero-order valence-corrected chi connectivity index (χ0v) is 13.1. The molecule has 0 radical (unpaired) electrons. The standard InChI is InChI=1S/C12H9Cl2IN2O/c1-18-9(7-5-3-2-4-6-7)12-16-10(13)8(15)11(14)17-12/h2-6,9H,1H3. The number of aromatic nitrogens is 2. The number of hydrogen-bond donors (Lipinski definition) is 0. The van der Waals surface area contributed by atoms with Gasteiger partial charge >= 0.3 is 0 Å². The third kappa shape index (κ3) is 2.93. The lowest BCUT2D eigenvalue weighted by atomic mass is 10.1. The maximum Gasteiger partial charge on any atom is 0.165 e. The minimum atomic E-state index is -0.377. The third-order valence-electron chi connectivity index (χ3n) is 2.36. The first kappa shape index (κ1) is 14.0. The first-order chi connectivity index (χ1) is 8.63. The van der Waals surface area contributed by atoms with Gasteiger partial charge in [-0.05, 0) is 28.2 Å². The van der Waals surface area contributed by atoms with Gasteiger partial charge in [0.05, 0.1) is 3.57 Å². The first-order valence-corrected chi connectivity index (χ1v) is 6.93. The third-order valence-corrected chi connectivity index (χ3v) is 4.57. The van der Waals surface area contributed by atoms with Gasteiger partial charge in [-0.25, -0.2) is 9.97 Å². The van der Waals surface area contributed by atoms with Gasteiger partial charge in [0.2, 0.25) is 0 Å². The monoisotopic (exact) mass is 394 g/mol. The number of ether oxygens (including phenoxy) is 1. The molecule has 0 saturated carbocycles. The number of hydrogen-bond acceptors (Lipinski definition) is 3. The molecule has 2 aromatic rings. The summed E-state index contributed by atoms with van der Waals surface area (Å²) in [6.07, 6.45) is -0.377. The van der Waals surface area contributed by atoms with Crippen molar-refractivity contribution in [3.8, 4) is 0 Å². The van der Waals surface area contributed by atoms with Crippen LogP contribution in [0.25, 0.3) is 0 Å². The van der Waals surface area contributed by atoms with Crippen molar-refractivity contribution in [2.24, 2.45) is 0 Å². The molecule has 1 atom stereocenters. The summed E-state index contributed by atoms with van der Waals surface area (Å²) in [6.45, 7) is 0. The van der Waals surface area contributed by atoms with Crippen molar-refractivity contribution in [2.45, 2.75) is 6.10 Å². The van der Waals surface area contributed by atoms with E-state index in [1.54, 1.807) is 7.11 Å². The molecule has 1 aromatic carbocycles. The van der Waals surface area contributed by atoms with E-state index in [4.69, 9.17) is 27.9 Å². The average Bonchev–Trinajstić information content (AvgIpc) is 2.38. The molecular weight excluding hydrogens is 386 g/mol. The van der Waals surface area contributed by atoms with Gasteiger partial charge in [0.15, 0.2) is 5.82 Å². The van der Waals surface area contributed by atoms with Crippen molar-refractivity contribution < 1.29 is 4.74 Å². The molecule has 0 aliphatic rings. The Morgan fingerprint density at radius 2 is 1.67 bits per heavy atom. The molecule has 0 N–H and O–H groups in total. The number of rotatable bonds is 3. The smallest absolute Gasteiger partial charge is 0.165 e. The maximum atomic E-state index is 6.01. The summed E-state index contributed by atoms with van der Waals surface area (Å²) in [5, 5.41) is 0.673. The molecule has 18 heavy (non-hydrogen) atoms. The van der Waals surface area contributed by atoms with Crippen molar-refractivity contribution in [1.82, 2.24) is 9.97 Å². The van der Waals surface area contributed by atoms with Crippen LogP contribution < -0.4 is 0 Å². The molecule has 1 heterocycles. The molecule has 94 valence electrons. The van der Waals surface area contributed by atoms with Crippen molar-refractivity contribution in [1.29, 1.82) is 0 Å². The Balaban J connectivity index is 2.46. The second-order valence-corrected chi connectivity index (χ2v) is 5.30. The summed E-state index contributed by atoms with van der Waals surface area (Å²) in [4.78, 5) is 8.44. The van der Waals surface area contributed by atoms with Gasteiger partial charge in [-0.15, -0.1) is 0 Å². The van der Waals surface area contributed by atoms with E-state index in [9.17, 15) is 0 Å². The van der Waals surface area contributed by atoms with Crippen LogP contribution in [-0.2, 0) is 4.74 Å². The number of halogens is 3. The molecule has 0 saturated heterocycles. The van der Waals surface area contributed by atoms with E-state index in [1.165, 1.54) is 0 Å². The predicted octanol–water partition coefficient (Wildman–Crippen LogP) is 4.12. The Morgan fingerprint density at radius 1 is 1.11 bits per heavy atom. The molecule has 6 heteroatoms. The van der Waals surface area contributed by atoms with Crippen LogP contribution in [-0.4, -0.2) is 17.1 Å². The Kier molecular flexibility index (Phi) is 4.77. The van der Waals surface area contributed by atoms with Crippen molar-refractivity contribution in [2.75, 3.05) is 7.11 Å². The van der Waals surface area contributed by atoms with Crippen molar-refractivity contribution >= 4 is 45.8 Å². The van der Waals surface area contributed by atoms with Crippen molar-refractivity contribution in [3.05, 3.63) is 55.6 Å². The fraction of sp³-hybridized carbons (Fsp3) is 0.167. The van der Waals surface area contributed by atoms with E-state index in [1.807, 2.05) is 52.9 Å². The summed E-state index contributed by atoms with van der Waals surface area (Å²) in [5.74, 6) is 0.458. The van der Waals surface area contributed by atoms with Crippen LogP contribution in [0.1, 0.15) is 17.5 Å². The topological polar surface area (TPSA) is 35.0 Å². The summed E-state index contributed by atoms with van der Waals surface area (Å²) in [6, 6.07) is 9.67. The number of benzene rings is 1. The van der Waals surface area contributed by atoms with E-state index in [2.05, 4.69) is 9.97 Å². The Morgan fingerprint density at radius 3 is 2.17 bits per heavy atom. The molecule has 0 fully saturated rings. The second kappa shape index (κ2) is 6.14. The van der Waals surface area contributed by atoms with Gasteiger partial charge in [0.1, 0.15) is 16.4 Å². The largest absolute Gasteiger partial charge is 0.369 e. The van der Waals surface area contributed by atoms with E-state index in [-0.39, 0.29) is 6.10 Å². The molecule has 0 bridgehead atoms. The van der Waals surface area contributed by atoms with Crippen LogP contribution in [0.3, 0.4) is 0 Å². The molecule has 3 nitrogen and oxygen atoms in total. The van der Waals surface area contributed by atoms with Crippen LogP contribution in [0.5, 0.6) is 0 Å².